The van der Waals surface area contributed by atoms with Gasteiger partial charge in [0, 0.05) is 12.3 Å². The fourth-order valence-electron chi connectivity index (χ4n) is 2.66. The zero-order valence-corrected chi connectivity index (χ0v) is 17.6. The van der Waals surface area contributed by atoms with Gasteiger partial charge in [-0.2, -0.15) is 0 Å². The quantitative estimate of drug-likeness (QED) is 0.261. The fourth-order valence-corrected chi connectivity index (χ4v) is 4.83. The van der Waals surface area contributed by atoms with Crippen molar-refractivity contribution in [2.75, 3.05) is 12.4 Å². The average molecular weight is 430 g/mol. The van der Waals surface area contributed by atoms with Gasteiger partial charge in [0.15, 0.2) is 15.0 Å². The standard InChI is InChI=1S/C21H23N3O3S2/c1-2-14-24-20(17-29(25,26)19-12-7-4-8-13-19)22-23-21(24)28-16-9-15-27-18-10-5-3-6-11-18/h2-8,10-13H,1,9,14-17H2. The molecule has 6 nitrogen and oxygen atoms in total. The molecule has 0 aliphatic rings. The highest BCUT2D eigenvalue weighted by atomic mass is 32.2. The number of sulfone groups is 1. The number of nitrogens with zero attached hydrogens (tertiary/aromatic N) is 3. The van der Waals surface area contributed by atoms with E-state index in [0.29, 0.717) is 24.1 Å². The Morgan fingerprint density at radius 1 is 1.03 bits per heavy atom. The van der Waals surface area contributed by atoms with E-state index >= 15 is 0 Å². The predicted octanol–water partition coefficient (Wildman–Crippen LogP) is 4.00. The Kier molecular flexibility index (Phi) is 7.48. The lowest BCUT2D eigenvalue weighted by Crippen LogP contribution is -2.11. The van der Waals surface area contributed by atoms with Crippen molar-refractivity contribution < 1.29 is 13.2 Å². The van der Waals surface area contributed by atoms with Gasteiger partial charge in [0.2, 0.25) is 0 Å². The van der Waals surface area contributed by atoms with E-state index in [-0.39, 0.29) is 10.6 Å². The van der Waals surface area contributed by atoms with Crippen LogP contribution >= 0.6 is 11.8 Å². The molecule has 0 aliphatic carbocycles. The Bertz CT molecular complexity index is 1020. The summed E-state index contributed by atoms with van der Waals surface area (Å²) in [6, 6.07) is 18.1. The molecule has 0 amide bonds. The van der Waals surface area contributed by atoms with Gasteiger partial charge >= 0.3 is 0 Å². The summed E-state index contributed by atoms with van der Waals surface area (Å²) in [6.07, 6.45) is 2.54. The minimum absolute atomic E-state index is 0.199. The molecular formula is C21H23N3O3S2. The maximum absolute atomic E-state index is 12.7. The average Bonchev–Trinajstić information content (AvgIpc) is 3.10. The number of hydrogen-bond acceptors (Lipinski definition) is 6. The van der Waals surface area contributed by atoms with E-state index < -0.39 is 9.84 Å². The number of aromatic nitrogens is 3. The highest BCUT2D eigenvalue weighted by Crippen LogP contribution is 2.21. The molecule has 8 heteroatoms. The van der Waals surface area contributed by atoms with Gasteiger partial charge in [-0.15, -0.1) is 16.8 Å². The van der Waals surface area contributed by atoms with Crippen LogP contribution in [-0.2, 0) is 22.1 Å². The molecule has 0 spiro atoms. The van der Waals surface area contributed by atoms with Gasteiger partial charge in [0.1, 0.15) is 17.3 Å². The number of para-hydroxylation sites is 1. The van der Waals surface area contributed by atoms with Crippen molar-refractivity contribution in [2.24, 2.45) is 0 Å². The van der Waals surface area contributed by atoms with Crippen molar-refractivity contribution in [1.29, 1.82) is 0 Å². The second kappa shape index (κ2) is 10.3. The highest BCUT2D eigenvalue weighted by molar-refractivity contribution is 7.99. The molecule has 0 unspecified atom stereocenters. The van der Waals surface area contributed by atoms with Crippen molar-refractivity contribution >= 4 is 21.6 Å². The Morgan fingerprint density at radius 3 is 2.41 bits per heavy atom. The third kappa shape index (κ3) is 5.95. The number of ether oxygens (including phenoxy) is 1. The van der Waals surface area contributed by atoms with Gasteiger partial charge < -0.3 is 9.30 Å². The number of benzene rings is 2. The maximum atomic E-state index is 12.7. The van der Waals surface area contributed by atoms with Crippen LogP contribution in [0.25, 0.3) is 0 Å². The lowest BCUT2D eigenvalue weighted by atomic mass is 10.3. The smallest absolute Gasteiger partial charge is 0.191 e. The van der Waals surface area contributed by atoms with Crippen LogP contribution in [0.2, 0.25) is 0 Å². The van der Waals surface area contributed by atoms with Gasteiger partial charge in [-0.3, -0.25) is 0 Å². The number of allylic oxidation sites excluding steroid dienone is 1. The summed E-state index contributed by atoms with van der Waals surface area (Å²) >= 11 is 1.53. The number of hydrogen-bond donors (Lipinski definition) is 0. The predicted molar refractivity (Wildman–Crippen MR) is 115 cm³/mol. The zero-order chi connectivity index (χ0) is 20.5. The first kappa shape index (κ1) is 21.1. The molecule has 0 atom stereocenters. The van der Waals surface area contributed by atoms with Crippen LogP contribution in [0.5, 0.6) is 5.75 Å². The molecule has 3 rings (SSSR count). The molecule has 1 heterocycles. The van der Waals surface area contributed by atoms with E-state index in [1.165, 1.54) is 11.8 Å². The van der Waals surface area contributed by atoms with E-state index in [2.05, 4.69) is 16.8 Å². The van der Waals surface area contributed by atoms with Gasteiger partial charge in [-0.05, 0) is 30.7 Å². The van der Waals surface area contributed by atoms with E-state index in [9.17, 15) is 8.42 Å². The highest BCUT2D eigenvalue weighted by Gasteiger charge is 2.21. The SMILES string of the molecule is C=CCn1c(CS(=O)(=O)c2ccccc2)nnc1SCCCOc1ccccc1. The Morgan fingerprint density at radius 2 is 1.72 bits per heavy atom. The molecule has 0 aliphatic heterocycles. The normalized spacial score (nSPS) is 11.3. The summed E-state index contributed by atoms with van der Waals surface area (Å²) in [5, 5.41) is 9.00. The summed E-state index contributed by atoms with van der Waals surface area (Å²) < 4.78 is 32.8. The first-order valence-corrected chi connectivity index (χ1v) is 11.9. The third-order valence-corrected chi connectivity index (χ3v) is 6.74. The van der Waals surface area contributed by atoms with Crippen molar-refractivity contribution in [1.82, 2.24) is 14.8 Å². The summed E-state index contributed by atoms with van der Waals surface area (Å²) in [7, 11) is -3.49. The minimum atomic E-state index is -3.49. The second-order valence-electron chi connectivity index (χ2n) is 6.23. The Hall–Kier alpha value is -2.58. The molecule has 29 heavy (non-hydrogen) atoms. The van der Waals surface area contributed by atoms with Gasteiger partial charge in [0.05, 0.1) is 11.5 Å². The minimum Gasteiger partial charge on any atom is -0.494 e. The van der Waals surface area contributed by atoms with Crippen LogP contribution in [0.4, 0.5) is 0 Å². The van der Waals surface area contributed by atoms with E-state index in [1.54, 1.807) is 41.0 Å². The van der Waals surface area contributed by atoms with Crippen molar-refractivity contribution in [3.63, 3.8) is 0 Å². The Labute approximate surface area is 175 Å². The number of thioether (sulfide) groups is 1. The molecule has 0 bridgehead atoms. The first-order valence-electron chi connectivity index (χ1n) is 9.21. The van der Waals surface area contributed by atoms with E-state index in [1.807, 2.05) is 30.3 Å². The second-order valence-corrected chi connectivity index (χ2v) is 9.29. The topological polar surface area (TPSA) is 74.1 Å². The zero-order valence-electron chi connectivity index (χ0n) is 16.0. The monoisotopic (exact) mass is 429 g/mol. The van der Waals surface area contributed by atoms with Crippen LogP contribution < -0.4 is 4.74 Å². The first-order chi connectivity index (χ1) is 14.1. The Balaban J connectivity index is 1.60. The maximum Gasteiger partial charge on any atom is 0.191 e. The fraction of sp³-hybridized carbons (Fsp3) is 0.238. The summed E-state index contributed by atoms with van der Waals surface area (Å²) in [6.45, 7) is 4.81. The summed E-state index contributed by atoms with van der Waals surface area (Å²) in [5.74, 6) is 1.85. The van der Waals surface area contributed by atoms with Crippen molar-refractivity contribution in [2.45, 2.75) is 28.8 Å². The van der Waals surface area contributed by atoms with Crippen LogP contribution in [0.3, 0.4) is 0 Å². The summed E-state index contributed by atoms with van der Waals surface area (Å²) in [4.78, 5) is 0.278. The van der Waals surface area contributed by atoms with Crippen LogP contribution in [0.1, 0.15) is 12.2 Å². The number of rotatable bonds is 11. The molecule has 0 radical (unpaired) electrons. The molecular weight excluding hydrogens is 406 g/mol. The van der Waals surface area contributed by atoms with E-state index in [0.717, 1.165) is 17.9 Å². The molecule has 0 saturated carbocycles. The largest absolute Gasteiger partial charge is 0.494 e. The van der Waals surface area contributed by atoms with Crippen LogP contribution in [0.15, 0.2) is 83.4 Å². The molecule has 0 fully saturated rings. The summed E-state index contributed by atoms with van der Waals surface area (Å²) in [5.41, 5.74) is 0. The van der Waals surface area contributed by atoms with Crippen LogP contribution in [0, 0.1) is 0 Å². The molecule has 1 aromatic heterocycles. The molecule has 0 N–H and O–H groups in total. The lowest BCUT2D eigenvalue weighted by Gasteiger charge is -2.09. The van der Waals surface area contributed by atoms with Crippen molar-refractivity contribution in [3.05, 3.63) is 79.1 Å². The molecule has 3 aromatic rings. The van der Waals surface area contributed by atoms with Gasteiger partial charge in [-0.1, -0.05) is 54.2 Å². The van der Waals surface area contributed by atoms with Crippen molar-refractivity contribution in [3.8, 4) is 5.75 Å². The third-order valence-electron chi connectivity index (χ3n) is 4.06. The van der Waals surface area contributed by atoms with Gasteiger partial charge in [0.25, 0.3) is 0 Å². The molecule has 2 aromatic carbocycles. The van der Waals surface area contributed by atoms with Gasteiger partial charge in [-0.25, -0.2) is 8.42 Å². The van der Waals surface area contributed by atoms with E-state index in [4.69, 9.17) is 4.74 Å². The lowest BCUT2D eigenvalue weighted by molar-refractivity contribution is 0.318. The molecule has 0 saturated heterocycles. The van der Waals surface area contributed by atoms with Crippen LogP contribution in [-0.4, -0.2) is 35.5 Å². The molecule has 152 valence electrons.